The molecule has 6 nitrogen and oxygen atoms in total. The van der Waals surface area contributed by atoms with Crippen molar-refractivity contribution >= 4 is 0 Å². The summed E-state index contributed by atoms with van der Waals surface area (Å²) >= 11 is 0. The zero-order chi connectivity index (χ0) is 11.4. The maximum Gasteiger partial charge on any atom is 0.264 e. The van der Waals surface area contributed by atoms with Crippen molar-refractivity contribution in [3.63, 3.8) is 0 Å². The third-order valence-electron chi connectivity index (χ3n) is 0.930. The third-order valence-corrected chi connectivity index (χ3v) is 0.930. The van der Waals surface area contributed by atoms with Gasteiger partial charge in [-0.2, -0.15) is 5.10 Å². The first-order valence-electron chi connectivity index (χ1n) is 4.05. The van der Waals surface area contributed by atoms with Crippen molar-refractivity contribution in [2.75, 3.05) is 14.2 Å². The summed E-state index contributed by atoms with van der Waals surface area (Å²) < 4.78 is 8.58. The molecule has 0 saturated carbocycles. The van der Waals surface area contributed by atoms with Gasteiger partial charge in [-0.1, -0.05) is 5.16 Å². The second-order valence-electron chi connectivity index (χ2n) is 2.21. The minimum absolute atomic E-state index is 0.164. The Balaban J connectivity index is 0.000000216. The van der Waals surface area contributed by atoms with Crippen LogP contribution in [0.1, 0.15) is 0 Å². The number of hydrogen-bond donors (Lipinski definition) is 1. The Morgan fingerprint density at radius 2 is 2.07 bits per heavy atom. The maximum atomic E-state index is 10.2. The van der Waals surface area contributed by atoms with Crippen LogP contribution in [0.4, 0.5) is 0 Å². The molecule has 0 saturated heterocycles. The highest BCUT2D eigenvalue weighted by Gasteiger charge is 1.70. The van der Waals surface area contributed by atoms with Gasteiger partial charge in [0.25, 0.3) is 5.56 Å². The van der Waals surface area contributed by atoms with Crippen molar-refractivity contribution in [3.05, 3.63) is 47.2 Å². The fourth-order valence-corrected chi connectivity index (χ4v) is 0.487. The average Bonchev–Trinajstić information content (AvgIpc) is 2.78. The number of H-pyrrole nitrogens is 1. The molecular formula is C9H13N3O3. The highest BCUT2D eigenvalue weighted by atomic mass is 16.5. The van der Waals surface area contributed by atoms with E-state index in [9.17, 15) is 4.79 Å². The van der Waals surface area contributed by atoms with Gasteiger partial charge in [0, 0.05) is 26.5 Å². The van der Waals surface area contributed by atoms with Gasteiger partial charge in [-0.25, -0.2) is 5.10 Å². The lowest BCUT2D eigenvalue weighted by molar-refractivity contribution is 0.277. The van der Waals surface area contributed by atoms with Gasteiger partial charge in [0.15, 0.2) is 0 Å². The Morgan fingerprint density at radius 3 is 2.27 bits per heavy atom. The molecule has 0 spiro atoms. The molecule has 0 aromatic carbocycles. The van der Waals surface area contributed by atoms with E-state index in [4.69, 9.17) is 0 Å². The Kier molecular flexibility index (Phi) is 8.82. The van der Waals surface area contributed by atoms with E-state index in [1.54, 1.807) is 32.5 Å². The smallest absolute Gasteiger partial charge is 0.264 e. The average molecular weight is 211 g/mol. The molecule has 0 unspecified atom stereocenters. The molecule has 0 amide bonds. The monoisotopic (exact) mass is 211 g/mol. The first kappa shape index (κ1) is 13.1. The molecule has 2 rings (SSSR count). The molecule has 82 valence electrons. The molecule has 0 aliphatic rings. The third kappa shape index (κ3) is 9.97. The van der Waals surface area contributed by atoms with E-state index in [1.807, 2.05) is 0 Å². The van der Waals surface area contributed by atoms with E-state index in [0.717, 1.165) is 0 Å². The predicted molar refractivity (Wildman–Crippen MR) is 54.3 cm³/mol. The van der Waals surface area contributed by atoms with Crippen LogP contribution in [-0.4, -0.2) is 29.6 Å². The zero-order valence-corrected chi connectivity index (χ0v) is 8.58. The standard InChI is InChI=1S/C4H4N2O.C3H3NO.C2H6O/c7-4-2-1-3-5-6-4;1-2-4-5-3-1;1-3-2/h1-3H,(H,6,7);1-3H;1-2H3. The summed E-state index contributed by atoms with van der Waals surface area (Å²) in [6.45, 7) is 0. The number of nitrogens with one attached hydrogen (secondary N) is 1. The van der Waals surface area contributed by atoms with Crippen molar-refractivity contribution < 1.29 is 9.26 Å². The minimum Gasteiger partial charge on any atom is -0.388 e. The molecule has 15 heavy (non-hydrogen) atoms. The molecule has 6 heteroatoms. The lowest BCUT2D eigenvalue weighted by Gasteiger charge is -1.72. The van der Waals surface area contributed by atoms with Gasteiger partial charge in [0.2, 0.25) is 0 Å². The molecule has 2 aromatic rings. The molecule has 0 aliphatic carbocycles. The summed E-state index contributed by atoms with van der Waals surface area (Å²) in [7, 11) is 3.25. The van der Waals surface area contributed by atoms with E-state index in [0.29, 0.717) is 0 Å². The van der Waals surface area contributed by atoms with Gasteiger partial charge in [0.05, 0.1) is 6.20 Å². The lowest BCUT2D eigenvalue weighted by Crippen LogP contribution is -2.02. The van der Waals surface area contributed by atoms with Crippen LogP contribution in [0.25, 0.3) is 0 Å². The van der Waals surface area contributed by atoms with Crippen LogP contribution in [0, 0.1) is 0 Å². The van der Waals surface area contributed by atoms with Crippen LogP contribution >= 0.6 is 0 Å². The number of aromatic amines is 1. The lowest BCUT2D eigenvalue weighted by atomic mass is 10.6. The van der Waals surface area contributed by atoms with Crippen molar-refractivity contribution in [2.24, 2.45) is 0 Å². The minimum atomic E-state index is -0.164. The van der Waals surface area contributed by atoms with Gasteiger partial charge < -0.3 is 9.26 Å². The summed E-state index contributed by atoms with van der Waals surface area (Å²) in [4.78, 5) is 10.2. The van der Waals surface area contributed by atoms with E-state index in [1.165, 1.54) is 18.5 Å². The summed E-state index contributed by atoms with van der Waals surface area (Å²) in [6.07, 6.45) is 4.61. The Bertz CT molecular complexity index is 324. The van der Waals surface area contributed by atoms with E-state index in [2.05, 4.69) is 24.6 Å². The van der Waals surface area contributed by atoms with Crippen LogP contribution in [0.5, 0.6) is 0 Å². The predicted octanol–water partition coefficient (Wildman–Crippen LogP) is 0.707. The van der Waals surface area contributed by atoms with E-state index < -0.39 is 0 Å². The molecule has 1 N–H and O–H groups in total. The summed E-state index contributed by atoms with van der Waals surface area (Å²) in [5.74, 6) is 0. The zero-order valence-electron chi connectivity index (χ0n) is 8.58. The Labute approximate surface area is 86.9 Å². The van der Waals surface area contributed by atoms with Crippen LogP contribution in [0.3, 0.4) is 0 Å². The molecule has 2 aromatic heterocycles. The van der Waals surface area contributed by atoms with Crippen LogP contribution in [0.15, 0.2) is 46.2 Å². The quantitative estimate of drug-likeness (QED) is 0.694. The Morgan fingerprint density at radius 1 is 1.33 bits per heavy atom. The maximum absolute atomic E-state index is 10.2. The number of ether oxygens (including phenoxy) is 1. The molecular weight excluding hydrogens is 198 g/mol. The topological polar surface area (TPSA) is 81.0 Å². The van der Waals surface area contributed by atoms with Crippen molar-refractivity contribution in [2.45, 2.75) is 0 Å². The first-order chi connectivity index (χ1) is 7.31. The SMILES string of the molecule is COC.O=c1cccn[nH]1.c1cnoc1. The Hall–Kier alpha value is -1.95. The van der Waals surface area contributed by atoms with Gasteiger partial charge in [-0.15, -0.1) is 0 Å². The fourth-order valence-electron chi connectivity index (χ4n) is 0.487. The van der Waals surface area contributed by atoms with Crippen molar-refractivity contribution in [1.82, 2.24) is 15.4 Å². The molecule has 0 aliphatic heterocycles. The van der Waals surface area contributed by atoms with E-state index >= 15 is 0 Å². The summed E-state index contributed by atoms with van der Waals surface area (Å²) in [5, 5.41) is 9.02. The van der Waals surface area contributed by atoms with Crippen LogP contribution in [0.2, 0.25) is 0 Å². The van der Waals surface area contributed by atoms with Crippen molar-refractivity contribution in [3.8, 4) is 0 Å². The fraction of sp³-hybridized carbons (Fsp3) is 0.222. The molecule has 0 bridgehead atoms. The van der Waals surface area contributed by atoms with Crippen molar-refractivity contribution in [1.29, 1.82) is 0 Å². The number of rotatable bonds is 0. The number of nitrogens with zero attached hydrogens (tertiary/aromatic N) is 2. The second kappa shape index (κ2) is 10.1. The van der Waals surface area contributed by atoms with Gasteiger partial charge in [-0.3, -0.25) is 4.79 Å². The first-order valence-corrected chi connectivity index (χ1v) is 4.05. The summed E-state index contributed by atoms with van der Waals surface area (Å²) in [6, 6.07) is 4.71. The van der Waals surface area contributed by atoms with Crippen LogP contribution in [-0.2, 0) is 4.74 Å². The highest BCUT2D eigenvalue weighted by molar-refractivity contribution is 4.81. The number of hydrogen-bond acceptors (Lipinski definition) is 5. The molecule has 2 heterocycles. The largest absolute Gasteiger partial charge is 0.388 e. The highest BCUT2D eigenvalue weighted by Crippen LogP contribution is 1.72. The number of methoxy groups -OCH3 is 1. The number of aromatic nitrogens is 3. The van der Waals surface area contributed by atoms with Gasteiger partial charge in [-0.05, 0) is 12.1 Å². The van der Waals surface area contributed by atoms with Gasteiger partial charge >= 0.3 is 0 Å². The second-order valence-corrected chi connectivity index (χ2v) is 2.21. The molecule has 0 fully saturated rings. The van der Waals surface area contributed by atoms with E-state index in [-0.39, 0.29) is 5.56 Å². The normalized spacial score (nSPS) is 7.87. The molecule has 0 radical (unpaired) electrons. The van der Waals surface area contributed by atoms with Gasteiger partial charge in [0.1, 0.15) is 6.26 Å². The van der Waals surface area contributed by atoms with Crippen LogP contribution < -0.4 is 5.56 Å². The summed E-state index contributed by atoms with van der Waals surface area (Å²) in [5.41, 5.74) is -0.164. The molecule has 0 atom stereocenters.